The van der Waals surface area contributed by atoms with Gasteiger partial charge in [0.2, 0.25) is 0 Å². The van der Waals surface area contributed by atoms with Gasteiger partial charge >= 0.3 is 0 Å². The number of benzene rings is 11. The first kappa shape index (κ1) is 38.4. The molecule has 13 aromatic rings. The van der Waals surface area contributed by atoms with Crippen LogP contribution >= 0.6 is 0 Å². The number of fused-ring (bicyclic) bond motifs is 11. The van der Waals surface area contributed by atoms with E-state index in [0.717, 1.165) is 94.0 Å². The van der Waals surface area contributed by atoms with Gasteiger partial charge in [-0.05, 0) is 92.9 Å². The Labute approximate surface area is 393 Å². The van der Waals surface area contributed by atoms with Crippen LogP contribution in [0.2, 0.25) is 0 Å². The van der Waals surface area contributed by atoms with Crippen LogP contribution < -0.4 is 4.90 Å². The van der Waals surface area contributed by atoms with Gasteiger partial charge in [0.15, 0.2) is 0 Å². The van der Waals surface area contributed by atoms with Crippen molar-refractivity contribution in [2.45, 2.75) is 5.41 Å². The van der Waals surface area contributed by atoms with Crippen LogP contribution in [0.1, 0.15) is 22.3 Å². The fourth-order valence-electron chi connectivity index (χ4n) is 11.4. The molecule has 3 nitrogen and oxygen atoms in total. The number of anilines is 3. The molecule has 0 radical (unpaired) electrons. The van der Waals surface area contributed by atoms with Gasteiger partial charge in [-0.3, -0.25) is 0 Å². The predicted molar refractivity (Wildman–Crippen MR) is 281 cm³/mol. The monoisotopic (exact) mass is 867 g/mol. The third-order valence-electron chi connectivity index (χ3n) is 14.4. The molecule has 1 aliphatic rings. The number of nitrogens with zero attached hydrogens (tertiary/aromatic N) is 1. The van der Waals surface area contributed by atoms with Gasteiger partial charge in [-0.15, -0.1) is 0 Å². The summed E-state index contributed by atoms with van der Waals surface area (Å²) in [5.74, 6) is 0. The molecule has 0 unspecified atom stereocenters. The van der Waals surface area contributed by atoms with Crippen LogP contribution in [0.4, 0.5) is 17.1 Å². The molecule has 0 atom stereocenters. The maximum absolute atomic E-state index is 7.03. The third kappa shape index (κ3) is 5.60. The maximum Gasteiger partial charge on any atom is 0.143 e. The van der Waals surface area contributed by atoms with Crippen LogP contribution in [-0.4, -0.2) is 0 Å². The zero-order valence-electron chi connectivity index (χ0n) is 36.9. The van der Waals surface area contributed by atoms with Crippen molar-refractivity contribution in [1.29, 1.82) is 0 Å². The van der Waals surface area contributed by atoms with Gasteiger partial charge in [0.25, 0.3) is 0 Å². The van der Waals surface area contributed by atoms with Crippen LogP contribution in [-0.2, 0) is 5.41 Å². The van der Waals surface area contributed by atoms with Crippen molar-refractivity contribution in [2.24, 2.45) is 0 Å². The Hall–Kier alpha value is -8.92. The van der Waals surface area contributed by atoms with E-state index in [1.165, 1.54) is 33.4 Å². The number of hydrogen-bond acceptors (Lipinski definition) is 3. The molecule has 68 heavy (non-hydrogen) atoms. The molecule has 11 aromatic carbocycles. The smallest absolute Gasteiger partial charge is 0.143 e. The molecule has 14 rings (SSSR count). The van der Waals surface area contributed by atoms with Crippen LogP contribution in [0.15, 0.2) is 258 Å². The van der Waals surface area contributed by atoms with E-state index in [0.29, 0.717) is 0 Å². The lowest BCUT2D eigenvalue weighted by Crippen LogP contribution is -2.28. The first-order valence-electron chi connectivity index (χ1n) is 23.3. The fourth-order valence-corrected chi connectivity index (χ4v) is 11.4. The molecule has 3 heteroatoms. The Morgan fingerprint density at radius 1 is 0.324 bits per heavy atom. The molecule has 0 amide bonds. The zero-order chi connectivity index (χ0) is 44.8. The second kappa shape index (κ2) is 15.1. The maximum atomic E-state index is 7.03. The van der Waals surface area contributed by atoms with Gasteiger partial charge in [-0.25, -0.2) is 0 Å². The molecule has 0 spiro atoms. The Morgan fingerprint density at radius 2 is 0.912 bits per heavy atom. The number of hydrogen-bond donors (Lipinski definition) is 0. The van der Waals surface area contributed by atoms with E-state index in [4.69, 9.17) is 8.83 Å². The van der Waals surface area contributed by atoms with Crippen molar-refractivity contribution in [3.8, 4) is 33.4 Å². The molecule has 2 heterocycles. The van der Waals surface area contributed by atoms with Crippen LogP contribution in [0.3, 0.4) is 0 Å². The Balaban J connectivity index is 1.02. The summed E-state index contributed by atoms with van der Waals surface area (Å²) in [5, 5.41) is 6.72. The molecule has 1 aliphatic carbocycles. The first-order chi connectivity index (χ1) is 33.7. The van der Waals surface area contributed by atoms with Crippen molar-refractivity contribution in [2.75, 3.05) is 4.90 Å². The number of rotatable bonds is 7. The summed E-state index contributed by atoms with van der Waals surface area (Å²) >= 11 is 0. The second-order valence-electron chi connectivity index (χ2n) is 17.9. The molecule has 318 valence electrons. The standard InChI is InChI=1S/C65H41NO2/c1-3-18-45(19-4-1)65(46-20-5-2-6-21-46)56-28-12-9-25-54(56)62-57(65)29-16-31-59(62)66(47-37-33-42(34-38-47)44-36-40-61-55(41-44)50-24-11-14-32-60(50)67-61)58-30-13-10-23-49(58)51-26-15-27-52-53-39-35-43-17-7-8-22-48(43)63(53)68-64(51)52/h1-41H. The summed E-state index contributed by atoms with van der Waals surface area (Å²) in [7, 11) is 0. The lowest BCUT2D eigenvalue weighted by Gasteiger charge is -2.34. The molecule has 0 saturated heterocycles. The Morgan fingerprint density at radius 3 is 1.74 bits per heavy atom. The van der Waals surface area contributed by atoms with E-state index < -0.39 is 5.41 Å². The topological polar surface area (TPSA) is 29.5 Å². The summed E-state index contributed by atoms with van der Waals surface area (Å²) in [6.45, 7) is 0. The van der Waals surface area contributed by atoms with Gasteiger partial charge in [0, 0.05) is 49.3 Å². The highest BCUT2D eigenvalue weighted by atomic mass is 16.3. The largest absolute Gasteiger partial charge is 0.456 e. The molecule has 0 bridgehead atoms. The Kier molecular flexibility index (Phi) is 8.50. The van der Waals surface area contributed by atoms with E-state index in [2.05, 4.69) is 241 Å². The highest BCUT2D eigenvalue weighted by Gasteiger charge is 2.47. The second-order valence-corrected chi connectivity index (χ2v) is 17.9. The molecule has 0 fully saturated rings. The normalized spacial score (nSPS) is 12.8. The Bertz CT molecular complexity index is 4050. The van der Waals surface area contributed by atoms with Crippen molar-refractivity contribution >= 4 is 71.7 Å². The third-order valence-corrected chi connectivity index (χ3v) is 14.4. The minimum atomic E-state index is -0.557. The summed E-state index contributed by atoms with van der Waals surface area (Å²) in [4.78, 5) is 2.48. The van der Waals surface area contributed by atoms with Gasteiger partial charge in [-0.1, -0.05) is 200 Å². The summed E-state index contributed by atoms with van der Waals surface area (Å²) in [6.07, 6.45) is 0. The van der Waals surface area contributed by atoms with E-state index >= 15 is 0 Å². The van der Waals surface area contributed by atoms with Crippen molar-refractivity contribution in [3.63, 3.8) is 0 Å². The zero-order valence-corrected chi connectivity index (χ0v) is 36.9. The van der Waals surface area contributed by atoms with E-state index in [-0.39, 0.29) is 0 Å². The highest BCUT2D eigenvalue weighted by molar-refractivity contribution is 6.18. The van der Waals surface area contributed by atoms with Crippen LogP contribution in [0, 0.1) is 0 Å². The molecular weight excluding hydrogens is 827 g/mol. The van der Waals surface area contributed by atoms with E-state index in [1.807, 2.05) is 12.1 Å². The lowest BCUT2D eigenvalue weighted by atomic mass is 9.68. The summed E-state index contributed by atoms with van der Waals surface area (Å²) < 4.78 is 13.3. The first-order valence-corrected chi connectivity index (χ1v) is 23.3. The van der Waals surface area contributed by atoms with Crippen molar-refractivity contribution < 1.29 is 8.83 Å². The summed E-state index contributed by atoms with van der Waals surface area (Å²) in [6, 6.07) is 90.1. The molecule has 0 aliphatic heterocycles. The van der Waals surface area contributed by atoms with Crippen molar-refractivity contribution in [3.05, 3.63) is 271 Å². The summed E-state index contributed by atoms with van der Waals surface area (Å²) in [5.41, 5.74) is 18.0. The highest BCUT2D eigenvalue weighted by Crippen LogP contribution is 2.60. The van der Waals surface area contributed by atoms with Gasteiger partial charge in [-0.2, -0.15) is 0 Å². The van der Waals surface area contributed by atoms with E-state index in [1.54, 1.807) is 0 Å². The molecular formula is C65H41NO2. The number of furan rings is 2. The van der Waals surface area contributed by atoms with Gasteiger partial charge in [0.05, 0.1) is 16.8 Å². The van der Waals surface area contributed by atoms with Crippen molar-refractivity contribution in [1.82, 2.24) is 0 Å². The van der Waals surface area contributed by atoms with Crippen LogP contribution in [0.5, 0.6) is 0 Å². The van der Waals surface area contributed by atoms with Gasteiger partial charge in [0.1, 0.15) is 22.3 Å². The molecule has 0 N–H and O–H groups in total. The number of para-hydroxylation sites is 3. The minimum Gasteiger partial charge on any atom is -0.456 e. The van der Waals surface area contributed by atoms with E-state index in [9.17, 15) is 0 Å². The SMILES string of the molecule is c1ccc(C2(c3ccccc3)c3ccccc3-c3c(N(c4ccc(-c5ccc6oc7ccccc7c6c5)cc4)c4ccccc4-c4cccc5c4oc4c6ccccc6ccc54)cccc32)cc1. The minimum absolute atomic E-state index is 0.557. The quantitative estimate of drug-likeness (QED) is 0.160. The molecule has 0 saturated carbocycles. The van der Waals surface area contributed by atoms with Crippen LogP contribution in [0.25, 0.3) is 88.0 Å². The predicted octanol–water partition coefficient (Wildman–Crippen LogP) is 17.8. The lowest BCUT2D eigenvalue weighted by molar-refractivity contribution is 0.669. The van der Waals surface area contributed by atoms with Gasteiger partial charge < -0.3 is 13.7 Å². The molecule has 2 aromatic heterocycles. The fraction of sp³-hybridized carbons (Fsp3) is 0.0154. The average molecular weight is 868 g/mol. The average Bonchev–Trinajstić information content (AvgIpc) is 4.09.